The molecular weight excluding hydrogens is 216 g/mol. The summed E-state index contributed by atoms with van der Waals surface area (Å²) >= 11 is 0. The van der Waals surface area contributed by atoms with Crippen molar-refractivity contribution in [3.63, 3.8) is 0 Å². The molecule has 0 aromatic heterocycles. The van der Waals surface area contributed by atoms with Crippen LogP contribution in [-0.4, -0.2) is 44.5 Å². The van der Waals surface area contributed by atoms with Crippen molar-refractivity contribution < 1.29 is 9.84 Å². The molecule has 1 fully saturated rings. The molecule has 0 saturated carbocycles. The third-order valence-electron chi connectivity index (χ3n) is 3.17. The predicted octanol–water partition coefficient (Wildman–Crippen LogP) is 0.856. The molecule has 1 saturated heterocycles. The second kappa shape index (κ2) is 5.89. The molecule has 0 spiro atoms. The summed E-state index contributed by atoms with van der Waals surface area (Å²) in [6, 6.07) is 8.65. The van der Waals surface area contributed by atoms with E-state index < -0.39 is 0 Å². The van der Waals surface area contributed by atoms with Crippen molar-refractivity contribution in [1.82, 2.24) is 5.32 Å². The first-order chi connectivity index (χ1) is 8.33. The average Bonchev–Trinajstić information content (AvgIpc) is 2.85. The van der Waals surface area contributed by atoms with Crippen molar-refractivity contribution in [3.05, 3.63) is 24.3 Å². The smallest absolute Gasteiger partial charge is 0.119 e. The van der Waals surface area contributed by atoms with Crippen LogP contribution in [0.5, 0.6) is 5.75 Å². The van der Waals surface area contributed by atoms with Gasteiger partial charge in [-0.2, -0.15) is 0 Å². The Labute approximate surface area is 102 Å². The van der Waals surface area contributed by atoms with E-state index in [1.54, 1.807) is 7.11 Å². The van der Waals surface area contributed by atoms with E-state index in [1.807, 2.05) is 12.1 Å². The molecule has 17 heavy (non-hydrogen) atoms. The van der Waals surface area contributed by atoms with Crippen molar-refractivity contribution in [2.75, 3.05) is 38.3 Å². The van der Waals surface area contributed by atoms with E-state index in [0.29, 0.717) is 12.6 Å². The van der Waals surface area contributed by atoms with Crippen molar-refractivity contribution in [2.24, 2.45) is 0 Å². The van der Waals surface area contributed by atoms with Crippen molar-refractivity contribution in [1.29, 1.82) is 0 Å². The van der Waals surface area contributed by atoms with E-state index in [1.165, 1.54) is 5.69 Å². The summed E-state index contributed by atoms with van der Waals surface area (Å²) in [5.74, 6) is 0.892. The first kappa shape index (κ1) is 12.2. The van der Waals surface area contributed by atoms with E-state index in [9.17, 15) is 0 Å². The highest BCUT2D eigenvalue weighted by Gasteiger charge is 2.21. The van der Waals surface area contributed by atoms with Gasteiger partial charge in [0.1, 0.15) is 5.75 Å². The normalized spacial score (nSPS) is 19.6. The van der Waals surface area contributed by atoms with Crippen LogP contribution in [0.25, 0.3) is 0 Å². The Bertz CT molecular complexity index is 340. The maximum atomic E-state index is 8.78. The second-order valence-electron chi connectivity index (χ2n) is 4.31. The van der Waals surface area contributed by atoms with Crippen LogP contribution in [0.2, 0.25) is 0 Å². The lowest BCUT2D eigenvalue weighted by atomic mass is 10.2. The lowest BCUT2D eigenvalue weighted by Crippen LogP contribution is -2.34. The minimum atomic E-state index is 0.207. The van der Waals surface area contributed by atoms with Gasteiger partial charge in [-0.05, 0) is 30.7 Å². The summed E-state index contributed by atoms with van der Waals surface area (Å²) in [6.45, 7) is 2.96. The zero-order chi connectivity index (χ0) is 12.1. The largest absolute Gasteiger partial charge is 0.497 e. The third kappa shape index (κ3) is 3.11. The number of nitrogens with zero attached hydrogens (tertiary/aromatic N) is 1. The number of anilines is 1. The fourth-order valence-corrected chi connectivity index (χ4v) is 2.22. The predicted molar refractivity (Wildman–Crippen MR) is 68.7 cm³/mol. The molecular formula is C13H20N2O2. The van der Waals surface area contributed by atoms with Gasteiger partial charge in [0, 0.05) is 31.4 Å². The maximum Gasteiger partial charge on any atom is 0.119 e. The Morgan fingerprint density at radius 2 is 2.18 bits per heavy atom. The Kier molecular flexibility index (Phi) is 4.23. The van der Waals surface area contributed by atoms with E-state index in [2.05, 4.69) is 22.3 Å². The first-order valence-corrected chi connectivity index (χ1v) is 6.06. The number of aliphatic hydroxyl groups is 1. The van der Waals surface area contributed by atoms with Gasteiger partial charge in [0.05, 0.1) is 13.7 Å². The molecule has 0 bridgehead atoms. The van der Waals surface area contributed by atoms with Crippen LogP contribution in [0.3, 0.4) is 0 Å². The topological polar surface area (TPSA) is 44.7 Å². The quantitative estimate of drug-likeness (QED) is 0.796. The van der Waals surface area contributed by atoms with Gasteiger partial charge < -0.3 is 20.1 Å². The molecule has 2 N–H and O–H groups in total. The lowest BCUT2D eigenvalue weighted by molar-refractivity contribution is 0.286. The summed E-state index contributed by atoms with van der Waals surface area (Å²) in [7, 11) is 1.68. The summed E-state index contributed by atoms with van der Waals surface area (Å²) in [5, 5.41) is 12.1. The molecule has 0 radical (unpaired) electrons. The van der Waals surface area contributed by atoms with Crippen LogP contribution in [0.4, 0.5) is 5.69 Å². The summed E-state index contributed by atoms with van der Waals surface area (Å²) < 4.78 is 5.15. The summed E-state index contributed by atoms with van der Waals surface area (Å²) in [6.07, 6.45) is 1.13. The highest BCUT2D eigenvalue weighted by molar-refractivity contribution is 5.50. The number of ether oxygens (including phenoxy) is 1. The lowest BCUT2D eigenvalue weighted by Gasteiger charge is -2.19. The molecule has 0 amide bonds. The number of hydrogen-bond donors (Lipinski definition) is 2. The molecule has 0 aliphatic carbocycles. The zero-order valence-electron chi connectivity index (χ0n) is 10.2. The van der Waals surface area contributed by atoms with Crippen molar-refractivity contribution >= 4 is 5.69 Å². The number of hydrogen-bond acceptors (Lipinski definition) is 4. The molecule has 1 unspecified atom stereocenters. The van der Waals surface area contributed by atoms with Crippen LogP contribution in [-0.2, 0) is 0 Å². The van der Waals surface area contributed by atoms with Gasteiger partial charge in [0.25, 0.3) is 0 Å². The van der Waals surface area contributed by atoms with Gasteiger partial charge in [-0.15, -0.1) is 0 Å². The molecule has 4 nitrogen and oxygen atoms in total. The van der Waals surface area contributed by atoms with E-state index in [4.69, 9.17) is 9.84 Å². The first-order valence-electron chi connectivity index (χ1n) is 6.06. The second-order valence-corrected chi connectivity index (χ2v) is 4.31. The van der Waals surface area contributed by atoms with Crippen LogP contribution in [0.15, 0.2) is 24.3 Å². The Hall–Kier alpha value is -1.26. The van der Waals surface area contributed by atoms with Crippen LogP contribution in [0.1, 0.15) is 6.42 Å². The Morgan fingerprint density at radius 3 is 2.82 bits per heavy atom. The number of rotatable bonds is 5. The van der Waals surface area contributed by atoms with Crippen LogP contribution >= 0.6 is 0 Å². The molecule has 4 heteroatoms. The van der Waals surface area contributed by atoms with E-state index in [0.717, 1.165) is 25.3 Å². The van der Waals surface area contributed by atoms with Gasteiger partial charge in [0.2, 0.25) is 0 Å². The van der Waals surface area contributed by atoms with Gasteiger partial charge in [-0.3, -0.25) is 0 Å². The highest BCUT2D eigenvalue weighted by atomic mass is 16.5. The fraction of sp³-hybridized carbons (Fsp3) is 0.538. The number of benzene rings is 1. The Morgan fingerprint density at radius 1 is 1.41 bits per heavy atom. The number of nitrogens with one attached hydrogen (secondary N) is 1. The van der Waals surface area contributed by atoms with Gasteiger partial charge in [-0.1, -0.05) is 0 Å². The van der Waals surface area contributed by atoms with Crippen molar-refractivity contribution in [3.8, 4) is 5.75 Å². The molecule has 2 rings (SSSR count). The molecule has 1 aliphatic rings. The zero-order valence-corrected chi connectivity index (χ0v) is 10.2. The monoisotopic (exact) mass is 236 g/mol. The molecule has 1 heterocycles. The summed E-state index contributed by atoms with van der Waals surface area (Å²) in [4.78, 5) is 2.36. The molecule has 1 aromatic carbocycles. The minimum absolute atomic E-state index is 0.207. The molecule has 1 aliphatic heterocycles. The van der Waals surface area contributed by atoms with Gasteiger partial charge >= 0.3 is 0 Å². The SMILES string of the molecule is COc1ccc(N2CCC(NCCO)C2)cc1. The highest BCUT2D eigenvalue weighted by Crippen LogP contribution is 2.22. The summed E-state index contributed by atoms with van der Waals surface area (Å²) in [5.41, 5.74) is 1.24. The van der Waals surface area contributed by atoms with Gasteiger partial charge in [-0.25, -0.2) is 0 Å². The Balaban J connectivity index is 1.90. The molecule has 1 aromatic rings. The van der Waals surface area contributed by atoms with Gasteiger partial charge in [0.15, 0.2) is 0 Å². The van der Waals surface area contributed by atoms with E-state index in [-0.39, 0.29) is 6.61 Å². The van der Waals surface area contributed by atoms with Crippen molar-refractivity contribution in [2.45, 2.75) is 12.5 Å². The van der Waals surface area contributed by atoms with E-state index >= 15 is 0 Å². The number of methoxy groups -OCH3 is 1. The third-order valence-corrected chi connectivity index (χ3v) is 3.17. The molecule has 1 atom stereocenters. The average molecular weight is 236 g/mol. The molecule has 94 valence electrons. The van der Waals surface area contributed by atoms with Crippen LogP contribution < -0.4 is 15.0 Å². The minimum Gasteiger partial charge on any atom is -0.497 e. The fourth-order valence-electron chi connectivity index (χ4n) is 2.22. The van der Waals surface area contributed by atoms with Crippen LogP contribution in [0, 0.1) is 0 Å². The number of aliphatic hydroxyl groups excluding tert-OH is 1. The maximum absolute atomic E-state index is 8.78. The standard InChI is InChI=1S/C13H20N2O2/c1-17-13-4-2-12(3-5-13)15-8-6-11(10-15)14-7-9-16/h2-5,11,14,16H,6-10H2,1H3.